The molecule has 7 heteroatoms. The molecule has 3 rings (SSSR count). The zero-order valence-corrected chi connectivity index (χ0v) is 23.8. The molecule has 3 aromatic rings. The Bertz CT molecular complexity index is 1130. The Balaban J connectivity index is 1.85. The first-order chi connectivity index (χ1) is 17.4. The predicted molar refractivity (Wildman–Crippen MR) is 154 cm³/mol. The molecule has 2 amide bonds. The van der Waals surface area contributed by atoms with Crippen molar-refractivity contribution in [3.8, 4) is 0 Å². The summed E-state index contributed by atoms with van der Waals surface area (Å²) in [6, 6.07) is 24.8. The molecule has 0 aliphatic rings. The van der Waals surface area contributed by atoms with E-state index in [1.165, 1.54) is 0 Å². The van der Waals surface area contributed by atoms with Crippen LogP contribution in [0.15, 0.2) is 83.3 Å². The second-order valence-corrected chi connectivity index (χ2v) is 11.1. The lowest BCUT2D eigenvalue weighted by molar-refractivity contribution is -0.139. The third-order valence-electron chi connectivity index (χ3n) is 5.92. The van der Waals surface area contributed by atoms with Gasteiger partial charge in [0, 0.05) is 34.3 Å². The summed E-state index contributed by atoms with van der Waals surface area (Å²) in [5.74, 6) is 0.780. The van der Waals surface area contributed by atoms with E-state index in [1.807, 2.05) is 92.7 Å². The second kappa shape index (κ2) is 14.5. The van der Waals surface area contributed by atoms with E-state index in [1.54, 1.807) is 16.7 Å². The van der Waals surface area contributed by atoms with Crippen LogP contribution in [-0.4, -0.2) is 34.6 Å². The van der Waals surface area contributed by atoms with Crippen molar-refractivity contribution in [3.63, 3.8) is 0 Å². The van der Waals surface area contributed by atoms with Crippen LogP contribution in [0.4, 0.5) is 0 Å². The van der Waals surface area contributed by atoms with E-state index in [9.17, 15) is 9.59 Å². The smallest absolute Gasteiger partial charge is 0.243 e. The van der Waals surface area contributed by atoms with Crippen molar-refractivity contribution in [3.05, 3.63) is 105 Å². The minimum Gasteiger partial charge on any atom is -0.352 e. The molecule has 4 nitrogen and oxygen atoms in total. The van der Waals surface area contributed by atoms with Gasteiger partial charge in [0.15, 0.2) is 0 Å². The molecule has 0 unspecified atom stereocenters. The summed E-state index contributed by atoms with van der Waals surface area (Å²) in [6.45, 7) is 4.38. The van der Waals surface area contributed by atoms with E-state index in [0.29, 0.717) is 23.7 Å². The Hall–Kier alpha value is -2.28. The van der Waals surface area contributed by atoms with Crippen molar-refractivity contribution >= 4 is 51.1 Å². The van der Waals surface area contributed by atoms with Crippen LogP contribution in [0.3, 0.4) is 0 Å². The summed E-state index contributed by atoms with van der Waals surface area (Å²) >= 11 is 11.1. The fourth-order valence-corrected chi connectivity index (χ4v) is 5.19. The first kappa shape index (κ1) is 28.3. The Morgan fingerprint density at radius 1 is 0.972 bits per heavy atom. The molecule has 0 aromatic heterocycles. The quantitative estimate of drug-likeness (QED) is 0.251. The number of hydrogen-bond acceptors (Lipinski definition) is 3. The minimum absolute atomic E-state index is 0.0258. The van der Waals surface area contributed by atoms with Crippen LogP contribution in [-0.2, 0) is 28.3 Å². The number of thioether (sulfide) groups is 1. The maximum absolute atomic E-state index is 13.7. The molecule has 0 spiro atoms. The highest BCUT2D eigenvalue weighted by Gasteiger charge is 2.30. The van der Waals surface area contributed by atoms with E-state index in [0.717, 1.165) is 27.6 Å². The second-order valence-electron chi connectivity index (χ2n) is 8.79. The van der Waals surface area contributed by atoms with Gasteiger partial charge < -0.3 is 10.2 Å². The molecule has 2 atom stereocenters. The molecule has 0 bridgehead atoms. The molecule has 1 N–H and O–H groups in total. The van der Waals surface area contributed by atoms with E-state index in [-0.39, 0.29) is 23.6 Å². The average Bonchev–Trinajstić information content (AvgIpc) is 2.87. The van der Waals surface area contributed by atoms with Gasteiger partial charge in [0.25, 0.3) is 0 Å². The van der Waals surface area contributed by atoms with Gasteiger partial charge in [-0.25, -0.2) is 0 Å². The largest absolute Gasteiger partial charge is 0.352 e. The van der Waals surface area contributed by atoms with E-state index >= 15 is 0 Å². The van der Waals surface area contributed by atoms with Crippen LogP contribution in [0, 0.1) is 0 Å². The van der Waals surface area contributed by atoms with Gasteiger partial charge in [-0.3, -0.25) is 9.59 Å². The predicted octanol–water partition coefficient (Wildman–Crippen LogP) is 6.89. The molecule has 0 aliphatic carbocycles. The van der Waals surface area contributed by atoms with Gasteiger partial charge in [-0.05, 0) is 54.3 Å². The zero-order chi connectivity index (χ0) is 25.9. The minimum atomic E-state index is -0.621. The average molecular weight is 588 g/mol. The Kier molecular flexibility index (Phi) is 11.4. The third-order valence-corrected chi connectivity index (χ3v) is 7.66. The molecule has 0 heterocycles. The lowest BCUT2D eigenvalue weighted by Gasteiger charge is -2.32. The molecule has 0 saturated heterocycles. The lowest BCUT2D eigenvalue weighted by Crippen LogP contribution is -2.52. The molecular weight excluding hydrogens is 556 g/mol. The van der Waals surface area contributed by atoms with Crippen LogP contribution >= 0.6 is 39.3 Å². The number of nitrogens with one attached hydrogen (secondary N) is 1. The molecule has 0 saturated carbocycles. The number of benzene rings is 3. The fourth-order valence-electron chi connectivity index (χ4n) is 3.75. The fraction of sp³-hybridized carbons (Fsp3) is 0.310. The zero-order valence-electron chi connectivity index (χ0n) is 20.6. The summed E-state index contributed by atoms with van der Waals surface area (Å²) in [5.41, 5.74) is 3.09. The van der Waals surface area contributed by atoms with Gasteiger partial charge in [0.2, 0.25) is 11.8 Å². The molecule has 0 fully saturated rings. The van der Waals surface area contributed by atoms with Crippen LogP contribution < -0.4 is 5.32 Å². The van der Waals surface area contributed by atoms with E-state index < -0.39 is 6.04 Å². The summed E-state index contributed by atoms with van der Waals surface area (Å²) in [7, 11) is 0. The van der Waals surface area contributed by atoms with E-state index in [4.69, 9.17) is 11.6 Å². The van der Waals surface area contributed by atoms with Crippen LogP contribution in [0.25, 0.3) is 0 Å². The summed E-state index contributed by atoms with van der Waals surface area (Å²) in [5, 5.41) is 3.80. The van der Waals surface area contributed by atoms with Crippen molar-refractivity contribution in [2.24, 2.45) is 0 Å². The SMILES string of the molecule is CC[C@H](C)NC(=O)[C@@H](Cc1ccccc1)N(Cc1cccc(Br)c1)C(=O)CSCc1ccc(Cl)cc1. The highest BCUT2D eigenvalue weighted by Crippen LogP contribution is 2.21. The topological polar surface area (TPSA) is 49.4 Å². The van der Waals surface area contributed by atoms with Crippen LogP contribution in [0.5, 0.6) is 0 Å². The van der Waals surface area contributed by atoms with Crippen molar-refractivity contribution in [1.29, 1.82) is 0 Å². The highest BCUT2D eigenvalue weighted by molar-refractivity contribution is 9.10. The maximum Gasteiger partial charge on any atom is 0.243 e. The number of amides is 2. The first-order valence-electron chi connectivity index (χ1n) is 12.1. The first-order valence-corrected chi connectivity index (χ1v) is 14.4. The normalized spacial score (nSPS) is 12.6. The molecular formula is C29H32BrClN2O2S. The molecule has 0 radical (unpaired) electrons. The van der Waals surface area contributed by atoms with E-state index in [2.05, 4.69) is 21.2 Å². The van der Waals surface area contributed by atoms with Gasteiger partial charge in [0.05, 0.1) is 5.75 Å². The Morgan fingerprint density at radius 2 is 1.67 bits per heavy atom. The van der Waals surface area contributed by atoms with Crippen LogP contribution in [0.2, 0.25) is 5.02 Å². The van der Waals surface area contributed by atoms with Gasteiger partial charge in [-0.15, -0.1) is 11.8 Å². The summed E-state index contributed by atoms with van der Waals surface area (Å²) in [6.07, 6.45) is 1.27. The number of rotatable bonds is 12. The van der Waals surface area contributed by atoms with Crippen molar-refractivity contribution in [1.82, 2.24) is 10.2 Å². The maximum atomic E-state index is 13.7. The third kappa shape index (κ3) is 8.99. The number of carbonyl (C=O) groups excluding carboxylic acids is 2. The highest BCUT2D eigenvalue weighted by atomic mass is 79.9. The van der Waals surface area contributed by atoms with Gasteiger partial charge in [-0.1, -0.05) is 89.1 Å². The number of carbonyl (C=O) groups is 2. The van der Waals surface area contributed by atoms with Gasteiger partial charge in [0.1, 0.15) is 6.04 Å². The monoisotopic (exact) mass is 586 g/mol. The molecule has 3 aromatic carbocycles. The number of halogens is 2. The van der Waals surface area contributed by atoms with Gasteiger partial charge >= 0.3 is 0 Å². The molecule has 190 valence electrons. The lowest BCUT2D eigenvalue weighted by atomic mass is 10.0. The molecule has 0 aliphatic heterocycles. The summed E-state index contributed by atoms with van der Waals surface area (Å²) in [4.78, 5) is 28.9. The number of hydrogen-bond donors (Lipinski definition) is 1. The van der Waals surface area contributed by atoms with Crippen molar-refractivity contribution < 1.29 is 9.59 Å². The Labute approximate surface area is 231 Å². The molecule has 36 heavy (non-hydrogen) atoms. The van der Waals surface area contributed by atoms with Crippen LogP contribution in [0.1, 0.15) is 37.0 Å². The summed E-state index contributed by atoms with van der Waals surface area (Å²) < 4.78 is 0.938. The van der Waals surface area contributed by atoms with Crippen molar-refractivity contribution in [2.75, 3.05) is 5.75 Å². The Morgan fingerprint density at radius 3 is 2.33 bits per heavy atom. The van der Waals surface area contributed by atoms with Gasteiger partial charge in [-0.2, -0.15) is 0 Å². The standard InChI is InChI=1S/C29H32BrClN2O2S/c1-3-21(2)32-29(35)27(17-22-8-5-4-6-9-22)33(18-24-10-7-11-25(30)16-24)28(34)20-36-19-23-12-14-26(31)15-13-23/h4-16,21,27H,3,17-20H2,1-2H3,(H,32,35)/t21-,27+/m0/s1. The number of nitrogens with zero attached hydrogens (tertiary/aromatic N) is 1. The van der Waals surface area contributed by atoms with Crippen molar-refractivity contribution in [2.45, 2.75) is 51.1 Å².